The number of likely N-dealkylation sites (tertiary alicyclic amines) is 1. The van der Waals surface area contributed by atoms with E-state index in [-0.39, 0.29) is 0 Å². The van der Waals surface area contributed by atoms with Gasteiger partial charge in [0.1, 0.15) is 4.60 Å². The Labute approximate surface area is 122 Å². The van der Waals surface area contributed by atoms with Gasteiger partial charge < -0.3 is 0 Å². The molecule has 0 unspecified atom stereocenters. The number of aryl methyl sites for hydroxylation is 2. The van der Waals surface area contributed by atoms with Crippen LogP contribution in [-0.4, -0.2) is 32.4 Å². The molecule has 1 fully saturated rings. The Bertz CT molecular complexity index is 599. The summed E-state index contributed by atoms with van der Waals surface area (Å²) in [6.07, 6.45) is 3.98. The lowest BCUT2D eigenvalue weighted by molar-refractivity contribution is 0.218. The predicted molar refractivity (Wildman–Crippen MR) is 79.3 cm³/mol. The molecule has 0 N–H and O–H groups in total. The Morgan fingerprint density at radius 2 is 1.89 bits per heavy atom. The molecule has 0 saturated carbocycles. The van der Waals surface area contributed by atoms with Gasteiger partial charge in [0.2, 0.25) is 5.78 Å². The predicted octanol–water partition coefficient (Wildman–Crippen LogP) is 3.09. The summed E-state index contributed by atoms with van der Waals surface area (Å²) in [5, 5.41) is 0. The second-order valence-corrected chi connectivity index (χ2v) is 6.11. The topological polar surface area (TPSA) is 33.4 Å². The summed E-state index contributed by atoms with van der Waals surface area (Å²) in [4.78, 5) is 11.7. The summed E-state index contributed by atoms with van der Waals surface area (Å²) in [5.74, 6) is 0.802. The van der Waals surface area contributed by atoms with Gasteiger partial charge in [-0.15, -0.1) is 0 Å². The minimum absolute atomic E-state index is 0.802. The fourth-order valence-electron chi connectivity index (χ4n) is 2.81. The molecular formula is C14H19BrN4. The van der Waals surface area contributed by atoms with Crippen LogP contribution in [0.4, 0.5) is 0 Å². The van der Waals surface area contributed by atoms with Crippen molar-refractivity contribution in [3.8, 4) is 0 Å². The number of aromatic nitrogens is 3. The van der Waals surface area contributed by atoms with Gasteiger partial charge in [0, 0.05) is 17.9 Å². The van der Waals surface area contributed by atoms with Crippen molar-refractivity contribution in [1.29, 1.82) is 0 Å². The summed E-state index contributed by atoms with van der Waals surface area (Å²) in [6.45, 7) is 7.40. The number of nitrogens with zero attached hydrogens (tertiary/aromatic N) is 4. The largest absolute Gasteiger partial charge is 0.297 e. The van der Waals surface area contributed by atoms with Gasteiger partial charge in [0.05, 0.1) is 5.69 Å². The van der Waals surface area contributed by atoms with E-state index in [0.717, 1.165) is 28.3 Å². The first kappa shape index (κ1) is 13.1. The van der Waals surface area contributed by atoms with Crippen molar-refractivity contribution in [3.05, 3.63) is 27.8 Å². The van der Waals surface area contributed by atoms with Gasteiger partial charge in [-0.2, -0.15) is 0 Å². The first-order valence-electron chi connectivity index (χ1n) is 6.88. The zero-order valence-corrected chi connectivity index (χ0v) is 13.1. The molecule has 0 aliphatic carbocycles. The third-order valence-corrected chi connectivity index (χ3v) is 4.55. The Morgan fingerprint density at radius 1 is 1.16 bits per heavy atom. The summed E-state index contributed by atoms with van der Waals surface area (Å²) < 4.78 is 3.14. The molecule has 4 nitrogen and oxygen atoms in total. The van der Waals surface area contributed by atoms with Crippen LogP contribution in [0.1, 0.15) is 36.3 Å². The van der Waals surface area contributed by atoms with E-state index in [0.29, 0.717) is 0 Å². The molecule has 0 radical (unpaired) electrons. The lowest BCUT2D eigenvalue weighted by Crippen LogP contribution is -2.29. The van der Waals surface area contributed by atoms with Crippen molar-refractivity contribution < 1.29 is 0 Å². The van der Waals surface area contributed by atoms with Crippen molar-refractivity contribution in [1.82, 2.24) is 19.3 Å². The Morgan fingerprint density at radius 3 is 2.63 bits per heavy atom. The van der Waals surface area contributed by atoms with Gasteiger partial charge in [-0.3, -0.25) is 9.30 Å². The van der Waals surface area contributed by atoms with Gasteiger partial charge in [-0.05, 0) is 61.8 Å². The van der Waals surface area contributed by atoms with Crippen molar-refractivity contribution in [3.63, 3.8) is 0 Å². The van der Waals surface area contributed by atoms with Crippen LogP contribution in [0.3, 0.4) is 0 Å². The van der Waals surface area contributed by atoms with E-state index < -0.39 is 0 Å². The van der Waals surface area contributed by atoms with Crippen LogP contribution in [0.2, 0.25) is 0 Å². The molecule has 1 aliphatic rings. The Kier molecular flexibility index (Phi) is 3.58. The number of hydrogen-bond acceptors (Lipinski definition) is 3. The monoisotopic (exact) mass is 322 g/mol. The normalized spacial score (nSPS) is 17.2. The SMILES string of the molecule is Cc1cc(C)n2c(Br)c(CN3CCCCC3)nc2n1. The van der Waals surface area contributed by atoms with E-state index in [1.54, 1.807) is 0 Å². The highest BCUT2D eigenvalue weighted by Gasteiger charge is 2.17. The zero-order valence-electron chi connectivity index (χ0n) is 11.5. The van der Waals surface area contributed by atoms with Crippen LogP contribution in [-0.2, 0) is 6.54 Å². The Balaban J connectivity index is 1.95. The number of imidazole rings is 1. The third-order valence-electron chi connectivity index (χ3n) is 3.74. The smallest absolute Gasteiger partial charge is 0.235 e. The fourth-order valence-corrected chi connectivity index (χ4v) is 3.46. The van der Waals surface area contributed by atoms with Crippen LogP contribution < -0.4 is 0 Å². The lowest BCUT2D eigenvalue weighted by Gasteiger charge is -2.25. The summed E-state index contributed by atoms with van der Waals surface area (Å²) in [6, 6.07) is 2.09. The van der Waals surface area contributed by atoms with Crippen LogP contribution in [0.5, 0.6) is 0 Å². The van der Waals surface area contributed by atoms with Gasteiger partial charge in [0.15, 0.2) is 0 Å². The lowest BCUT2D eigenvalue weighted by atomic mass is 10.1. The molecule has 0 amide bonds. The number of halogens is 1. The molecular weight excluding hydrogens is 304 g/mol. The van der Waals surface area contributed by atoms with E-state index in [1.807, 2.05) is 6.92 Å². The van der Waals surface area contributed by atoms with E-state index >= 15 is 0 Å². The highest BCUT2D eigenvalue weighted by molar-refractivity contribution is 9.10. The first-order chi connectivity index (χ1) is 9.15. The molecule has 0 atom stereocenters. The van der Waals surface area contributed by atoms with Crippen LogP contribution >= 0.6 is 15.9 Å². The third kappa shape index (κ3) is 2.54. The number of fused-ring (bicyclic) bond motifs is 1. The minimum atomic E-state index is 0.802. The van der Waals surface area contributed by atoms with Gasteiger partial charge in [-0.25, -0.2) is 9.97 Å². The maximum absolute atomic E-state index is 4.69. The second-order valence-electron chi connectivity index (χ2n) is 5.36. The van der Waals surface area contributed by atoms with Crippen molar-refractivity contribution in [2.45, 2.75) is 39.7 Å². The number of piperidine rings is 1. The fraction of sp³-hybridized carbons (Fsp3) is 0.571. The number of hydrogen-bond donors (Lipinski definition) is 0. The van der Waals surface area contributed by atoms with E-state index in [2.05, 4.69) is 43.2 Å². The van der Waals surface area contributed by atoms with Crippen molar-refractivity contribution in [2.24, 2.45) is 0 Å². The summed E-state index contributed by atoms with van der Waals surface area (Å²) in [7, 11) is 0. The molecule has 0 aromatic carbocycles. The molecule has 2 aromatic rings. The maximum Gasteiger partial charge on any atom is 0.235 e. The average molecular weight is 323 g/mol. The van der Waals surface area contributed by atoms with Crippen molar-refractivity contribution in [2.75, 3.05) is 13.1 Å². The maximum atomic E-state index is 4.69. The molecule has 0 spiro atoms. The molecule has 1 aliphatic heterocycles. The van der Waals surface area contributed by atoms with Crippen molar-refractivity contribution >= 4 is 21.7 Å². The first-order valence-corrected chi connectivity index (χ1v) is 7.68. The van der Waals surface area contributed by atoms with Crippen LogP contribution in [0, 0.1) is 13.8 Å². The zero-order chi connectivity index (χ0) is 13.4. The number of rotatable bonds is 2. The molecule has 0 bridgehead atoms. The minimum Gasteiger partial charge on any atom is -0.297 e. The molecule has 3 rings (SSSR count). The Hall–Kier alpha value is -0.940. The molecule has 5 heteroatoms. The highest BCUT2D eigenvalue weighted by Crippen LogP contribution is 2.23. The second kappa shape index (κ2) is 5.21. The molecule has 1 saturated heterocycles. The van der Waals surface area contributed by atoms with Gasteiger partial charge >= 0.3 is 0 Å². The van der Waals surface area contributed by atoms with E-state index in [9.17, 15) is 0 Å². The highest BCUT2D eigenvalue weighted by atomic mass is 79.9. The molecule has 102 valence electrons. The molecule has 19 heavy (non-hydrogen) atoms. The van der Waals surface area contributed by atoms with Gasteiger partial charge in [-0.1, -0.05) is 6.42 Å². The summed E-state index contributed by atoms with van der Waals surface area (Å²) in [5.41, 5.74) is 3.29. The van der Waals surface area contributed by atoms with Gasteiger partial charge in [0.25, 0.3) is 0 Å². The molecule has 3 heterocycles. The average Bonchev–Trinajstić information content (AvgIpc) is 2.67. The standard InChI is InChI=1S/C14H19BrN4/c1-10-8-11(2)19-13(15)12(17-14(19)16-10)9-18-6-4-3-5-7-18/h8H,3-7,9H2,1-2H3. The summed E-state index contributed by atoms with van der Waals surface area (Å²) >= 11 is 3.69. The molecule has 2 aromatic heterocycles. The quantitative estimate of drug-likeness (QED) is 0.851. The van der Waals surface area contributed by atoms with Crippen LogP contribution in [0.15, 0.2) is 10.7 Å². The van der Waals surface area contributed by atoms with Crippen LogP contribution in [0.25, 0.3) is 5.78 Å². The van der Waals surface area contributed by atoms with E-state index in [1.165, 1.54) is 38.0 Å². The van der Waals surface area contributed by atoms with E-state index in [4.69, 9.17) is 4.98 Å².